The molecular weight excluding hydrogens is 499 g/mol. The number of carbonyl (C=O) groups excluding carboxylic acids is 2. The summed E-state index contributed by atoms with van der Waals surface area (Å²) in [5.74, 6) is -0.431. The Kier molecular flexibility index (Phi) is 9.14. The number of nitrogens with one attached hydrogen (secondary N) is 2. The lowest BCUT2D eigenvalue weighted by Gasteiger charge is -2.37. The molecule has 1 aliphatic rings. The molecule has 1 saturated carbocycles. The van der Waals surface area contributed by atoms with Gasteiger partial charge in [-0.15, -0.1) is 0 Å². The van der Waals surface area contributed by atoms with Crippen molar-refractivity contribution in [2.24, 2.45) is 5.92 Å². The molecule has 2 aromatic rings. The lowest BCUT2D eigenvalue weighted by Crippen LogP contribution is -2.40. The molecule has 38 heavy (non-hydrogen) atoms. The van der Waals surface area contributed by atoms with Crippen molar-refractivity contribution in [2.45, 2.75) is 64.5 Å². The average Bonchev–Trinajstić information content (AvgIpc) is 2.85. The molecule has 1 aliphatic carbocycles. The van der Waals surface area contributed by atoms with Gasteiger partial charge in [-0.2, -0.15) is 0 Å². The summed E-state index contributed by atoms with van der Waals surface area (Å²) in [5, 5.41) is 17.0. The molecule has 1 fully saturated rings. The van der Waals surface area contributed by atoms with Crippen molar-refractivity contribution < 1.29 is 27.9 Å². The topological polar surface area (TPSA) is 107 Å². The van der Waals surface area contributed by atoms with Crippen LogP contribution in [0.5, 0.6) is 0 Å². The third-order valence-electron chi connectivity index (χ3n) is 7.06. The van der Waals surface area contributed by atoms with E-state index in [9.17, 15) is 27.9 Å². The highest BCUT2D eigenvalue weighted by Crippen LogP contribution is 2.39. The lowest BCUT2D eigenvalue weighted by molar-refractivity contribution is -0.135. The molecule has 3 N–H and O–H groups in total. The number of carbonyl (C=O) groups is 2. The zero-order valence-electron chi connectivity index (χ0n) is 22.2. The number of halogens is 3. The van der Waals surface area contributed by atoms with Crippen molar-refractivity contribution in [1.29, 1.82) is 0 Å². The van der Waals surface area contributed by atoms with E-state index < -0.39 is 29.4 Å². The van der Waals surface area contributed by atoms with E-state index in [0.717, 1.165) is 6.07 Å². The summed E-state index contributed by atoms with van der Waals surface area (Å²) in [5.41, 5.74) is -0.931. The Morgan fingerprint density at radius 3 is 2.37 bits per heavy atom. The van der Waals surface area contributed by atoms with Crippen LogP contribution in [0.25, 0.3) is 6.08 Å². The maximum absolute atomic E-state index is 14.8. The number of anilines is 2. The third kappa shape index (κ3) is 6.32. The Labute approximate surface area is 220 Å². The second kappa shape index (κ2) is 11.9. The van der Waals surface area contributed by atoms with Crippen molar-refractivity contribution >= 4 is 30.0 Å². The fraction of sp³-hybridized carbons (Fsp3) is 0.481. The molecule has 2 amide bonds. The second-order valence-corrected chi connectivity index (χ2v) is 9.93. The largest absolute Gasteiger partial charge is 0.386 e. The molecule has 0 bridgehead atoms. The van der Waals surface area contributed by atoms with Crippen LogP contribution in [0.1, 0.15) is 74.5 Å². The van der Waals surface area contributed by atoms with Gasteiger partial charge in [0.25, 0.3) is 6.43 Å². The summed E-state index contributed by atoms with van der Waals surface area (Å²) in [6, 6.07) is 3.04. The van der Waals surface area contributed by atoms with Gasteiger partial charge in [0, 0.05) is 25.6 Å². The summed E-state index contributed by atoms with van der Waals surface area (Å²) in [6.45, 7) is 4.97. The number of alkyl halides is 2. The number of benzene rings is 1. The normalized spacial score (nSPS) is 20.7. The summed E-state index contributed by atoms with van der Waals surface area (Å²) in [4.78, 5) is 33.9. The van der Waals surface area contributed by atoms with E-state index in [1.807, 2.05) is 0 Å². The molecule has 1 aromatic carbocycles. The Hall–Kier alpha value is -3.47. The van der Waals surface area contributed by atoms with Gasteiger partial charge in [0.1, 0.15) is 23.3 Å². The molecule has 0 aliphatic heterocycles. The van der Waals surface area contributed by atoms with Gasteiger partial charge in [-0.1, -0.05) is 18.2 Å². The highest BCUT2D eigenvalue weighted by atomic mass is 19.3. The molecule has 1 heterocycles. The minimum atomic E-state index is -2.96. The van der Waals surface area contributed by atoms with E-state index >= 15 is 0 Å². The van der Waals surface area contributed by atoms with E-state index in [-0.39, 0.29) is 29.0 Å². The molecule has 0 saturated heterocycles. The first-order valence-electron chi connectivity index (χ1n) is 12.4. The van der Waals surface area contributed by atoms with Crippen LogP contribution < -0.4 is 10.6 Å². The zero-order valence-corrected chi connectivity index (χ0v) is 22.2. The molecule has 3 rings (SSSR count). The van der Waals surface area contributed by atoms with Gasteiger partial charge in [-0.25, -0.2) is 23.1 Å². The summed E-state index contributed by atoms with van der Waals surface area (Å²) in [7, 11) is 3.41. The Morgan fingerprint density at radius 2 is 1.79 bits per heavy atom. The van der Waals surface area contributed by atoms with Crippen LogP contribution in [0.4, 0.5) is 24.8 Å². The predicted octanol–water partition coefficient (Wildman–Crippen LogP) is 5.02. The summed E-state index contributed by atoms with van der Waals surface area (Å²) >= 11 is 0. The van der Waals surface area contributed by atoms with Gasteiger partial charge >= 0.3 is 0 Å². The number of aromatic nitrogens is 2. The van der Waals surface area contributed by atoms with Gasteiger partial charge in [0.15, 0.2) is 0 Å². The van der Waals surface area contributed by atoms with Gasteiger partial charge in [0.05, 0.1) is 22.8 Å². The smallest absolute Gasteiger partial charge is 0.266 e. The van der Waals surface area contributed by atoms with Gasteiger partial charge < -0.3 is 20.6 Å². The number of rotatable bonds is 9. The number of aryl methyl sites for hydroxylation is 1. The lowest BCUT2D eigenvalue weighted by atomic mass is 9.74. The number of hydrogen-bond donors (Lipinski definition) is 3. The van der Waals surface area contributed by atoms with E-state index in [1.54, 1.807) is 45.8 Å². The van der Waals surface area contributed by atoms with Crippen LogP contribution in [-0.2, 0) is 9.59 Å². The number of aliphatic hydroxyl groups is 1. The van der Waals surface area contributed by atoms with Gasteiger partial charge in [-0.05, 0) is 58.1 Å². The van der Waals surface area contributed by atoms with E-state index in [4.69, 9.17) is 0 Å². The Morgan fingerprint density at radius 1 is 1.18 bits per heavy atom. The Balaban J connectivity index is 1.97. The van der Waals surface area contributed by atoms with Gasteiger partial charge in [-0.3, -0.25) is 9.59 Å². The molecule has 0 unspecified atom stereocenters. The molecule has 0 radical (unpaired) electrons. The predicted molar refractivity (Wildman–Crippen MR) is 139 cm³/mol. The first kappa shape index (κ1) is 29.1. The van der Waals surface area contributed by atoms with Crippen molar-refractivity contribution in [3.63, 3.8) is 0 Å². The number of amides is 2. The van der Waals surface area contributed by atoms with E-state index in [1.165, 1.54) is 12.1 Å². The fourth-order valence-electron chi connectivity index (χ4n) is 4.80. The number of hydrogen-bond acceptors (Lipinski definition) is 6. The SMILES string of the molecule is C/C(=C\c1c(NC=O)nc(C)nc1N[C@H](C)c1cccc(C(F)F)c1F)C1(O)CCC(C(=O)N(C)C)CC1. The van der Waals surface area contributed by atoms with Crippen molar-refractivity contribution in [3.8, 4) is 0 Å². The molecule has 11 heteroatoms. The first-order valence-corrected chi connectivity index (χ1v) is 12.4. The minimum absolute atomic E-state index is 0.0260. The molecule has 1 atom stereocenters. The van der Waals surface area contributed by atoms with Crippen LogP contribution in [0, 0.1) is 18.7 Å². The summed E-state index contributed by atoms with van der Waals surface area (Å²) < 4.78 is 41.3. The first-order chi connectivity index (χ1) is 17.9. The standard InChI is InChI=1S/C27H34F3N5O3/c1-15(27(38)11-9-18(10-12-27)26(37)35(4)5)13-21-24(31-14-36)33-17(3)34-25(21)32-16(2)19-7-6-8-20(22(19)28)23(29)30/h6-8,13-14,16,18,23,38H,9-12H2,1-5H3,(H2,31,32,33,34,36)/b15-13+/t16-,18?,27?/m1/s1. The molecule has 206 valence electrons. The maximum atomic E-state index is 14.8. The van der Waals surface area contributed by atoms with Crippen LogP contribution in [0.2, 0.25) is 0 Å². The van der Waals surface area contributed by atoms with Crippen molar-refractivity contribution in [3.05, 3.63) is 52.1 Å². The van der Waals surface area contributed by atoms with Crippen LogP contribution in [-0.4, -0.2) is 52.0 Å². The molecule has 8 nitrogen and oxygen atoms in total. The van der Waals surface area contributed by atoms with Crippen molar-refractivity contribution in [1.82, 2.24) is 14.9 Å². The number of nitrogens with zero attached hydrogens (tertiary/aromatic N) is 3. The third-order valence-corrected chi connectivity index (χ3v) is 7.06. The van der Waals surface area contributed by atoms with Crippen LogP contribution >= 0.6 is 0 Å². The van der Waals surface area contributed by atoms with Crippen LogP contribution in [0.3, 0.4) is 0 Å². The highest BCUT2D eigenvalue weighted by Gasteiger charge is 2.37. The van der Waals surface area contributed by atoms with Crippen LogP contribution in [0.15, 0.2) is 23.8 Å². The summed E-state index contributed by atoms with van der Waals surface area (Å²) in [6.07, 6.45) is 0.924. The van der Waals surface area contributed by atoms with E-state index in [2.05, 4.69) is 20.6 Å². The van der Waals surface area contributed by atoms with Gasteiger partial charge in [0.2, 0.25) is 12.3 Å². The fourth-order valence-corrected chi connectivity index (χ4v) is 4.80. The molecule has 0 spiro atoms. The highest BCUT2D eigenvalue weighted by molar-refractivity contribution is 5.82. The average molecular weight is 534 g/mol. The minimum Gasteiger partial charge on any atom is -0.386 e. The van der Waals surface area contributed by atoms with Crippen molar-refractivity contribution in [2.75, 3.05) is 24.7 Å². The zero-order chi connectivity index (χ0) is 28.2. The second-order valence-electron chi connectivity index (χ2n) is 9.93. The quantitative estimate of drug-likeness (QED) is 0.391. The molecular formula is C27H34F3N5O3. The maximum Gasteiger partial charge on any atom is 0.266 e. The van der Waals surface area contributed by atoms with E-state index in [0.29, 0.717) is 49.1 Å². The monoisotopic (exact) mass is 533 g/mol. The molecule has 1 aromatic heterocycles. The Bertz CT molecular complexity index is 1210.